The lowest BCUT2D eigenvalue weighted by molar-refractivity contribution is -0.144. The third-order valence-corrected chi connectivity index (χ3v) is 7.82. The minimum Gasteiger partial charge on any atom is -0.380 e. The Balaban J connectivity index is 1.62. The van der Waals surface area contributed by atoms with Crippen LogP contribution in [-0.2, 0) is 14.2 Å². The molecule has 0 spiro atoms. The Kier molecular flexibility index (Phi) is 10.9. The molecule has 2 aliphatic rings. The zero-order valence-corrected chi connectivity index (χ0v) is 24.3. The molecule has 1 heterocycles. The van der Waals surface area contributed by atoms with Crippen LogP contribution >= 0.6 is 0 Å². The van der Waals surface area contributed by atoms with E-state index in [0.29, 0.717) is 30.8 Å². The lowest BCUT2D eigenvalue weighted by Crippen LogP contribution is -2.63. The van der Waals surface area contributed by atoms with Gasteiger partial charge >= 0.3 is 0 Å². The van der Waals surface area contributed by atoms with Crippen LogP contribution in [0.3, 0.4) is 0 Å². The highest BCUT2D eigenvalue weighted by atomic mass is 16.5. The van der Waals surface area contributed by atoms with Crippen LogP contribution in [0.15, 0.2) is 0 Å². The molecule has 1 saturated heterocycles. The Morgan fingerprint density at radius 1 is 0.765 bits per heavy atom. The van der Waals surface area contributed by atoms with Crippen molar-refractivity contribution in [2.45, 2.75) is 117 Å². The smallest absolute Gasteiger partial charge is 0.0805 e. The molecule has 0 amide bonds. The Labute approximate surface area is 211 Å². The predicted octanol–water partition coefficient (Wildman–Crippen LogP) is 4.57. The highest BCUT2D eigenvalue weighted by Gasteiger charge is 2.43. The summed E-state index contributed by atoms with van der Waals surface area (Å²) < 4.78 is 18.4. The van der Waals surface area contributed by atoms with Gasteiger partial charge in [-0.25, -0.2) is 0 Å². The zero-order chi connectivity index (χ0) is 25.6. The molecule has 0 unspecified atom stereocenters. The molecule has 0 atom stereocenters. The van der Waals surface area contributed by atoms with Gasteiger partial charge in [-0.05, 0) is 73.1 Å². The van der Waals surface area contributed by atoms with Crippen molar-refractivity contribution < 1.29 is 14.2 Å². The molecule has 0 aromatic heterocycles. The summed E-state index contributed by atoms with van der Waals surface area (Å²) in [7, 11) is 0. The molecule has 6 heteroatoms. The summed E-state index contributed by atoms with van der Waals surface area (Å²) in [6.07, 6.45) is 3.71. The van der Waals surface area contributed by atoms with E-state index in [1.54, 1.807) is 0 Å². The summed E-state index contributed by atoms with van der Waals surface area (Å²) in [5.41, 5.74) is 0.243. The van der Waals surface area contributed by atoms with Crippen LogP contribution in [0.4, 0.5) is 0 Å². The minimum absolute atomic E-state index is 0.0412. The van der Waals surface area contributed by atoms with Crippen molar-refractivity contribution in [3.63, 3.8) is 0 Å². The first-order valence-corrected chi connectivity index (χ1v) is 13.7. The van der Waals surface area contributed by atoms with E-state index in [4.69, 9.17) is 14.2 Å². The van der Waals surface area contributed by atoms with Gasteiger partial charge in [0.25, 0.3) is 0 Å². The summed E-state index contributed by atoms with van der Waals surface area (Å²) >= 11 is 0. The highest BCUT2D eigenvalue weighted by Crippen LogP contribution is 2.32. The van der Waals surface area contributed by atoms with Crippen molar-refractivity contribution in [2.75, 3.05) is 59.2 Å². The van der Waals surface area contributed by atoms with Crippen LogP contribution in [0.1, 0.15) is 88.5 Å². The number of rotatable bonds is 13. The van der Waals surface area contributed by atoms with Crippen molar-refractivity contribution >= 4 is 0 Å². The fraction of sp³-hybridized carbons (Fsp3) is 1.00. The largest absolute Gasteiger partial charge is 0.380 e. The first kappa shape index (κ1) is 30.0. The van der Waals surface area contributed by atoms with E-state index in [0.717, 1.165) is 65.2 Å². The second kappa shape index (κ2) is 12.3. The fourth-order valence-corrected chi connectivity index (χ4v) is 4.71. The molecule has 0 radical (unpaired) electrons. The summed E-state index contributed by atoms with van der Waals surface area (Å²) in [6, 6.07) is 0.593. The van der Waals surface area contributed by atoms with Gasteiger partial charge in [-0.1, -0.05) is 20.8 Å². The van der Waals surface area contributed by atoms with Crippen LogP contribution in [0.2, 0.25) is 0 Å². The minimum atomic E-state index is -0.246. The number of hydrogen-bond donors (Lipinski definition) is 1. The summed E-state index contributed by atoms with van der Waals surface area (Å²) in [6.45, 7) is 31.0. The maximum Gasteiger partial charge on any atom is 0.0805 e. The maximum absolute atomic E-state index is 6.40. The van der Waals surface area contributed by atoms with Crippen LogP contribution < -0.4 is 5.32 Å². The van der Waals surface area contributed by atoms with E-state index in [1.807, 2.05) is 0 Å². The standard InChI is InChI=1S/C28H57N3O3/c1-25(2,3)11-17-32-18-16-30-12-14-31(15-13-30)27(7,8)28(9,10)34-20-19-33-24-21-23(22-24)29-26(4,5)6/h23-24,29H,11-22H2,1-10H3. The Bertz CT molecular complexity index is 581. The van der Waals surface area contributed by atoms with E-state index >= 15 is 0 Å². The van der Waals surface area contributed by atoms with Crippen molar-refractivity contribution in [3.05, 3.63) is 0 Å². The van der Waals surface area contributed by atoms with Gasteiger partial charge in [0, 0.05) is 56.5 Å². The van der Waals surface area contributed by atoms with E-state index in [9.17, 15) is 0 Å². The van der Waals surface area contributed by atoms with E-state index in [1.165, 1.54) is 0 Å². The normalized spacial score (nSPS) is 23.8. The van der Waals surface area contributed by atoms with Crippen LogP contribution in [0.25, 0.3) is 0 Å². The second-order valence-electron chi connectivity index (χ2n) is 13.7. The zero-order valence-electron chi connectivity index (χ0n) is 24.3. The molecule has 2 fully saturated rings. The molecule has 6 nitrogen and oxygen atoms in total. The molecule has 0 bridgehead atoms. The van der Waals surface area contributed by atoms with Crippen LogP contribution in [0, 0.1) is 5.41 Å². The number of piperazine rings is 1. The molecule has 1 aliphatic carbocycles. The first-order valence-electron chi connectivity index (χ1n) is 13.7. The quantitative estimate of drug-likeness (QED) is 0.387. The Hall–Kier alpha value is -0.240. The summed E-state index contributed by atoms with van der Waals surface area (Å²) in [4.78, 5) is 5.13. The average Bonchev–Trinajstić information content (AvgIpc) is 2.67. The Morgan fingerprint density at radius 2 is 1.38 bits per heavy atom. The van der Waals surface area contributed by atoms with Gasteiger partial charge in [-0.2, -0.15) is 0 Å². The van der Waals surface area contributed by atoms with Crippen molar-refractivity contribution in [1.29, 1.82) is 0 Å². The van der Waals surface area contributed by atoms with Gasteiger partial charge in [0.05, 0.1) is 31.5 Å². The first-order chi connectivity index (χ1) is 15.6. The molecule has 0 aromatic carbocycles. The molecular weight excluding hydrogens is 426 g/mol. The van der Waals surface area contributed by atoms with Gasteiger partial charge < -0.3 is 19.5 Å². The molecule has 1 N–H and O–H groups in total. The maximum atomic E-state index is 6.40. The number of nitrogens with zero attached hydrogens (tertiary/aromatic N) is 2. The molecule has 202 valence electrons. The van der Waals surface area contributed by atoms with E-state index in [-0.39, 0.29) is 16.7 Å². The second-order valence-corrected chi connectivity index (χ2v) is 13.7. The molecule has 1 saturated carbocycles. The van der Waals surface area contributed by atoms with Gasteiger partial charge in [0.15, 0.2) is 0 Å². The SMILES string of the molecule is CC(C)(C)CCOCCN1CCN(C(C)(C)C(C)(C)OCCOC2CC(NC(C)(C)C)C2)CC1. The molecule has 2 rings (SSSR count). The third-order valence-electron chi connectivity index (χ3n) is 7.82. The third kappa shape index (κ3) is 10.0. The summed E-state index contributed by atoms with van der Waals surface area (Å²) in [5, 5.41) is 3.65. The van der Waals surface area contributed by atoms with Crippen molar-refractivity contribution in [3.8, 4) is 0 Å². The van der Waals surface area contributed by atoms with Gasteiger partial charge in [-0.15, -0.1) is 0 Å². The van der Waals surface area contributed by atoms with Gasteiger partial charge in [0.1, 0.15) is 0 Å². The van der Waals surface area contributed by atoms with Crippen molar-refractivity contribution in [2.24, 2.45) is 5.41 Å². The summed E-state index contributed by atoms with van der Waals surface area (Å²) in [5.74, 6) is 0. The fourth-order valence-electron chi connectivity index (χ4n) is 4.71. The van der Waals surface area contributed by atoms with E-state index < -0.39 is 0 Å². The average molecular weight is 484 g/mol. The highest BCUT2D eigenvalue weighted by molar-refractivity contribution is 4.98. The molecule has 34 heavy (non-hydrogen) atoms. The lowest BCUT2D eigenvalue weighted by Gasteiger charge is -2.51. The number of hydrogen-bond acceptors (Lipinski definition) is 6. The topological polar surface area (TPSA) is 46.2 Å². The number of nitrogens with one attached hydrogen (secondary N) is 1. The monoisotopic (exact) mass is 483 g/mol. The molecular formula is C28H57N3O3. The molecule has 0 aromatic rings. The predicted molar refractivity (Wildman–Crippen MR) is 143 cm³/mol. The van der Waals surface area contributed by atoms with Crippen LogP contribution in [0.5, 0.6) is 0 Å². The lowest BCUT2D eigenvalue weighted by atomic mass is 9.83. The van der Waals surface area contributed by atoms with Crippen LogP contribution in [-0.4, -0.2) is 97.8 Å². The Morgan fingerprint density at radius 3 is 1.94 bits per heavy atom. The molecule has 1 aliphatic heterocycles. The number of ether oxygens (including phenoxy) is 3. The van der Waals surface area contributed by atoms with Gasteiger partial charge in [-0.3, -0.25) is 9.80 Å². The van der Waals surface area contributed by atoms with E-state index in [2.05, 4.69) is 84.4 Å². The van der Waals surface area contributed by atoms with Crippen molar-refractivity contribution in [1.82, 2.24) is 15.1 Å². The van der Waals surface area contributed by atoms with Gasteiger partial charge in [0.2, 0.25) is 0 Å².